The molecule has 1 atom stereocenters. The molecule has 0 aliphatic heterocycles. The van der Waals surface area contributed by atoms with Crippen LogP contribution in [-0.2, 0) is 4.79 Å². The summed E-state index contributed by atoms with van der Waals surface area (Å²) in [7, 11) is 0. The Morgan fingerprint density at radius 3 is 2.54 bits per heavy atom. The smallest absolute Gasteiger partial charge is 0.337 e. The van der Waals surface area contributed by atoms with Gasteiger partial charge in [0.1, 0.15) is 0 Å². The van der Waals surface area contributed by atoms with E-state index in [0.29, 0.717) is 5.56 Å². The summed E-state index contributed by atoms with van der Waals surface area (Å²) in [5.74, 6) is -1.81. The number of nitrogens with one attached hydrogen (secondary N) is 1. The number of halogens is 1. The molecule has 3 N–H and O–H groups in total. The molecule has 1 aromatic carbocycles. The highest BCUT2D eigenvalue weighted by Gasteiger charge is 2.30. The van der Waals surface area contributed by atoms with Gasteiger partial charge in [-0.1, -0.05) is 22.0 Å². The SMILES string of the molecule is Cc1cc(C(=O)NCC(C)(O)C(=O)O)c(C)n1-c1cccc(Br)c1. The number of hydrogen-bond donors (Lipinski definition) is 3. The topological polar surface area (TPSA) is 91.6 Å². The van der Waals surface area contributed by atoms with E-state index in [9.17, 15) is 14.7 Å². The van der Waals surface area contributed by atoms with Crippen LogP contribution in [0.15, 0.2) is 34.8 Å². The summed E-state index contributed by atoms with van der Waals surface area (Å²) in [6.07, 6.45) is 0. The second-order valence-corrected chi connectivity index (χ2v) is 6.78. The van der Waals surface area contributed by atoms with E-state index >= 15 is 0 Å². The van der Waals surface area contributed by atoms with E-state index in [1.54, 1.807) is 6.07 Å². The lowest BCUT2D eigenvalue weighted by atomic mass is 10.1. The molecule has 0 saturated heterocycles. The number of aliphatic hydroxyl groups is 1. The fraction of sp³-hybridized carbons (Fsp3) is 0.294. The fourth-order valence-electron chi connectivity index (χ4n) is 2.43. The van der Waals surface area contributed by atoms with Crippen molar-refractivity contribution in [3.63, 3.8) is 0 Å². The number of carbonyl (C=O) groups excluding carboxylic acids is 1. The number of aliphatic carboxylic acids is 1. The Balaban J connectivity index is 2.28. The molecule has 0 saturated carbocycles. The third-order valence-corrected chi connectivity index (χ3v) is 4.29. The predicted molar refractivity (Wildman–Crippen MR) is 93.5 cm³/mol. The average molecular weight is 395 g/mol. The Hall–Kier alpha value is -2.12. The Labute approximate surface area is 148 Å². The molecule has 24 heavy (non-hydrogen) atoms. The zero-order chi connectivity index (χ0) is 18.1. The minimum atomic E-state index is -2.01. The van der Waals surface area contributed by atoms with Crippen LogP contribution < -0.4 is 5.32 Å². The Kier molecular flexibility index (Phi) is 5.15. The lowest BCUT2D eigenvalue weighted by molar-refractivity contribution is -0.155. The first kappa shape index (κ1) is 18.2. The molecule has 1 unspecified atom stereocenters. The van der Waals surface area contributed by atoms with Crippen molar-refractivity contribution in [2.24, 2.45) is 0 Å². The average Bonchev–Trinajstić information content (AvgIpc) is 2.79. The molecule has 2 aromatic rings. The molecule has 0 bridgehead atoms. The summed E-state index contributed by atoms with van der Waals surface area (Å²) in [4.78, 5) is 23.3. The number of nitrogens with zero attached hydrogens (tertiary/aromatic N) is 1. The lowest BCUT2D eigenvalue weighted by Crippen LogP contribution is -2.46. The van der Waals surface area contributed by atoms with Crippen molar-refractivity contribution in [3.8, 4) is 5.69 Å². The molecular weight excluding hydrogens is 376 g/mol. The van der Waals surface area contributed by atoms with Crippen molar-refractivity contribution in [2.45, 2.75) is 26.4 Å². The van der Waals surface area contributed by atoms with Crippen LogP contribution in [0.3, 0.4) is 0 Å². The second kappa shape index (κ2) is 6.78. The van der Waals surface area contributed by atoms with E-state index in [2.05, 4.69) is 21.2 Å². The summed E-state index contributed by atoms with van der Waals surface area (Å²) < 4.78 is 2.87. The summed E-state index contributed by atoms with van der Waals surface area (Å²) in [5.41, 5.74) is 0.953. The molecule has 1 amide bonds. The molecule has 0 spiro atoms. The zero-order valence-corrected chi connectivity index (χ0v) is 15.2. The molecule has 0 aliphatic carbocycles. The third-order valence-electron chi connectivity index (χ3n) is 3.80. The van der Waals surface area contributed by atoms with E-state index in [0.717, 1.165) is 28.5 Å². The quantitative estimate of drug-likeness (QED) is 0.725. The summed E-state index contributed by atoms with van der Waals surface area (Å²) >= 11 is 3.43. The summed E-state index contributed by atoms with van der Waals surface area (Å²) in [5, 5.41) is 21.1. The van der Waals surface area contributed by atoms with Gasteiger partial charge in [-0.05, 0) is 45.0 Å². The zero-order valence-electron chi connectivity index (χ0n) is 13.6. The van der Waals surface area contributed by atoms with Gasteiger partial charge in [-0.15, -0.1) is 0 Å². The number of amides is 1. The summed E-state index contributed by atoms with van der Waals surface area (Å²) in [6, 6.07) is 9.43. The maximum atomic E-state index is 12.4. The van der Waals surface area contributed by atoms with Crippen LogP contribution in [0, 0.1) is 13.8 Å². The minimum absolute atomic E-state index is 0.373. The van der Waals surface area contributed by atoms with E-state index in [1.807, 2.05) is 42.7 Å². The van der Waals surface area contributed by atoms with Crippen molar-refractivity contribution in [2.75, 3.05) is 6.54 Å². The van der Waals surface area contributed by atoms with Crippen LogP contribution in [0.25, 0.3) is 5.69 Å². The number of carbonyl (C=O) groups is 2. The molecule has 6 nitrogen and oxygen atoms in total. The van der Waals surface area contributed by atoms with Crippen molar-refractivity contribution >= 4 is 27.8 Å². The number of aromatic nitrogens is 1. The molecule has 0 radical (unpaired) electrons. The highest BCUT2D eigenvalue weighted by molar-refractivity contribution is 9.10. The van der Waals surface area contributed by atoms with Crippen LogP contribution in [0.4, 0.5) is 0 Å². The van der Waals surface area contributed by atoms with Gasteiger partial charge in [-0.2, -0.15) is 0 Å². The normalized spacial score (nSPS) is 13.4. The molecule has 1 aromatic heterocycles. The maximum absolute atomic E-state index is 12.4. The highest BCUT2D eigenvalue weighted by Crippen LogP contribution is 2.23. The van der Waals surface area contributed by atoms with Gasteiger partial charge in [0.15, 0.2) is 5.60 Å². The Morgan fingerprint density at radius 1 is 1.29 bits per heavy atom. The number of rotatable bonds is 5. The molecule has 2 rings (SSSR count). The molecule has 0 fully saturated rings. The Bertz CT molecular complexity index is 796. The van der Waals surface area contributed by atoms with Gasteiger partial charge < -0.3 is 20.1 Å². The van der Waals surface area contributed by atoms with Crippen LogP contribution in [-0.4, -0.2) is 38.8 Å². The van der Waals surface area contributed by atoms with E-state index in [1.165, 1.54) is 0 Å². The molecule has 7 heteroatoms. The van der Waals surface area contributed by atoms with Gasteiger partial charge in [-0.25, -0.2) is 4.79 Å². The Morgan fingerprint density at radius 2 is 1.96 bits per heavy atom. The number of aryl methyl sites for hydroxylation is 1. The highest BCUT2D eigenvalue weighted by atomic mass is 79.9. The van der Waals surface area contributed by atoms with Crippen molar-refractivity contribution in [3.05, 3.63) is 51.8 Å². The monoisotopic (exact) mass is 394 g/mol. The number of benzene rings is 1. The van der Waals surface area contributed by atoms with E-state index < -0.39 is 17.5 Å². The van der Waals surface area contributed by atoms with Crippen molar-refractivity contribution in [1.29, 1.82) is 0 Å². The van der Waals surface area contributed by atoms with E-state index in [4.69, 9.17) is 5.11 Å². The molecule has 1 heterocycles. The molecular formula is C17H19BrN2O4. The maximum Gasteiger partial charge on any atom is 0.337 e. The van der Waals surface area contributed by atoms with Gasteiger partial charge in [0.05, 0.1) is 12.1 Å². The molecule has 128 valence electrons. The third kappa shape index (κ3) is 3.68. The van der Waals surface area contributed by atoms with Crippen LogP contribution >= 0.6 is 15.9 Å². The predicted octanol–water partition coefficient (Wildman–Crippen LogP) is 2.42. The first-order valence-electron chi connectivity index (χ1n) is 7.32. The van der Waals surface area contributed by atoms with E-state index in [-0.39, 0.29) is 6.54 Å². The van der Waals surface area contributed by atoms with Gasteiger partial charge in [-0.3, -0.25) is 4.79 Å². The standard InChI is InChI=1S/C17H19BrN2O4/c1-10-7-14(15(21)19-9-17(3,24)16(22)23)11(2)20(10)13-6-4-5-12(18)8-13/h4-8,24H,9H2,1-3H3,(H,19,21)(H,22,23). The van der Waals surface area contributed by atoms with Crippen LogP contribution in [0.5, 0.6) is 0 Å². The number of carboxylic acids is 1. The summed E-state index contributed by atoms with van der Waals surface area (Å²) in [6.45, 7) is 4.47. The van der Waals surface area contributed by atoms with Crippen LogP contribution in [0.2, 0.25) is 0 Å². The lowest BCUT2D eigenvalue weighted by Gasteiger charge is -2.18. The minimum Gasteiger partial charge on any atom is -0.479 e. The van der Waals surface area contributed by atoms with Gasteiger partial charge in [0, 0.05) is 21.5 Å². The van der Waals surface area contributed by atoms with Gasteiger partial charge >= 0.3 is 5.97 Å². The largest absolute Gasteiger partial charge is 0.479 e. The molecule has 0 aliphatic rings. The first-order valence-corrected chi connectivity index (χ1v) is 8.11. The number of carboxylic acid groups (broad SMARTS) is 1. The van der Waals surface area contributed by atoms with Crippen molar-refractivity contribution in [1.82, 2.24) is 9.88 Å². The number of hydrogen-bond acceptors (Lipinski definition) is 3. The fourth-order valence-corrected chi connectivity index (χ4v) is 2.82. The van der Waals surface area contributed by atoms with Gasteiger partial charge in [0.2, 0.25) is 0 Å². The second-order valence-electron chi connectivity index (χ2n) is 5.86. The van der Waals surface area contributed by atoms with Crippen LogP contribution in [0.1, 0.15) is 28.7 Å². The van der Waals surface area contributed by atoms with Gasteiger partial charge in [0.25, 0.3) is 5.91 Å². The van der Waals surface area contributed by atoms with Crippen molar-refractivity contribution < 1.29 is 19.8 Å². The first-order chi connectivity index (χ1) is 11.1.